The van der Waals surface area contributed by atoms with Crippen molar-refractivity contribution in [1.82, 2.24) is 0 Å². The fourth-order valence-corrected chi connectivity index (χ4v) is 0.728. The Morgan fingerprint density at radius 3 is 1.77 bits per heavy atom. The van der Waals surface area contributed by atoms with Crippen molar-refractivity contribution in [2.45, 2.75) is 0 Å². The fourth-order valence-electron chi connectivity index (χ4n) is 0.728. The Morgan fingerprint density at radius 1 is 1.08 bits per heavy atom. The number of hydrogen-bond donors (Lipinski definition) is 4. The molecule has 0 heterocycles. The summed E-state index contributed by atoms with van der Waals surface area (Å²) < 4.78 is 0. The average Bonchev–Trinajstić information content (AvgIpc) is 1.99. The molecule has 0 aliphatic rings. The zero-order valence-electron chi connectivity index (χ0n) is 5.85. The van der Waals surface area contributed by atoms with Gasteiger partial charge in [-0.05, 0) is 12.1 Å². The van der Waals surface area contributed by atoms with Gasteiger partial charge in [-0.25, -0.2) is 4.79 Å². The quantitative estimate of drug-likeness (QED) is 0.382. The molecule has 0 aromatic heterocycles. The molecule has 1 aromatic carbocycles. The summed E-state index contributed by atoms with van der Waals surface area (Å²) in [5, 5.41) is 35.0. The van der Waals surface area contributed by atoms with E-state index in [-0.39, 0.29) is 56.9 Å². The van der Waals surface area contributed by atoms with Crippen LogP contribution in [-0.2, 0) is 0 Å². The van der Waals surface area contributed by atoms with E-state index in [0.29, 0.717) is 0 Å². The van der Waals surface area contributed by atoms with Gasteiger partial charge < -0.3 is 20.4 Å². The molecule has 0 aliphatic heterocycles. The first-order valence-electron chi connectivity index (χ1n) is 3.00. The molecule has 0 fully saturated rings. The van der Waals surface area contributed by atoms with Crippen LogP contribution < -0.4 is 0 Å². The van der Waals surface area contributed by atoms with E-state index >= 15 is 0 Å². The van der Waals surface area contributed by atoms with E-state index in [0.717, 1.165) is 12.1 Å². The van der Waals surface area contributed by atoms with Crippen LogP contribution in [0.3, 0.4) is 0 Å². The Morgan fingerprint density at radius 2 is 1.46 bits per heavy atom. The van der Waals surface area contributed by atoms with Crippen LogP contribution in [0.15, 0.2) is 12.1 Å². The molecule has 1 rings (SSSR count). The minimum absolute atomic E-state index is 0. The molecule has 5 nitrogen and oxygen atoms in total. The van der Waals surface area contributed by atoms with Crippen LogP contribution in [-0.4, -0.2) is 77.8 Å². The predicted octanol–water partition coefficient (Wildman–Crippen LogP) is -0.147. The minimum atomic E-state index is -1.29. The summed E-state index contributed by atoms with van der Waals surface area (Å²) in [6, 6.07) is 1.69. The molecular weight excluding hydrogens is 203 g/mol. The standard InChI is InChI=1S/C7H6O5.K.H/c8-4-1-3(7(11)12)2-5(9)6(4)10;;/h1-2,8-10H,(H,11,12);;. The molecule has 0 aliphatic carbocycles. The zero-order valence-corrected chi connectivity index (χ0v) is 5.85. The molecule has 6 heteroatoms. The number of aromatic hydroxyl groups is 3. The van der Waals surface area contributed by atoms with Crippen LogP contribution in [0.1, 0.15) is 10.4 Å². The van der Waals surface area contributed by atoms with Crippen LogP contribution >= 0.6 is 0 Å². The number of carboxylic acids is 1. The van der Waals surface area contributed by atoms with E-state index in [1.165, 1.54) is 0 Å². The predicted molar refractivity (Wildman–Crippen MR) is 45.5 cm³/mol. The normalized spacial score (nSPS) is 8.92. The van der Waals surface area contributed by atoms with Crippen molar-refractivity contribution in [2.75, 3.05) is 0 Å². The van der Waals surface area contributed by atoms with Crippen molar-refractivity contribution in [3.8, 4) is 17.2 Å². The van der Waals surface area contributed by atoms with Crippen molar-refractivity contribution in [1.29, 1.82) is 0 Å². The summed E-state index contributed by atoms with van der Waals surface area (Å²) in [6.07, 6.45) is 0. The molecule has 66 valence electrons. The number of phenolic OH excluding ortho intramolecular Hbond substituents is 3. The van der Waals surface area contributed by atoms with Gasteiger partial charge in [0, 0.05) is 0 Å². The van der Waals surface area contributed by atoms with Gasteiger partial charge in [-0.1, -0.05) is 0 Å². The van der Waals surface area contributed by atoms with Gasteiger partial charge in [-0.2, -0.15) is 0 Å². The summed E-state index contributed by atoms with van der Waals surface area (Å²) in [5.41, 5.74) is -0.289. The van der Waals surface area contributed by atoms with Gasteiger partial charge in [-0.3, -0.25) is 0 Å². The summed E-state index contributed by atoms with van der Waals surface area (Å²) in [5.74, 6) is -3.33. The Labute approximate surface area is 116 Å². The third-order valence-corrected chi connectivity index (χ3v) is 1.32. The zero-order chi connectivity index (χ0) is 9.30. The first-order valence-corrected chi connectivity index (χ1v) is 3.00. The Bertz CT molecular complexity index is 313. The van der Waals surface area contributed by atoms with Crippen LogP contribution in [0.2, 0.25) is 0 Å². The van der Waals surface area contributed by atoms with E-state index in [9.17, 15) is 4.79 Å². The first-order chi connectivity index (χ1) is 5.52. The third kappa shape index (κ3) is 2.85. The van der Waals surface area contributed by atoms with Crippen LogP contribution in [0.25, 0.3) is 0 Å². The van der Waals surface area contributed by atoms with Crippen molar-refractivity contribution >= 4 is 57.4 Å². The Hall–Kier alpha value is -0.274. The molecular formula is C7H7KO5. The number of carboxylic acid groups (broad SMARTS) is 1. The maximum atomic E-state index is 10.3. The van der Waals surface area contributed by atoms with Gasteiger partial charge in [-0.15, -0.1) is 0 Å². The van der Waals surface area contributed by atoms with Crippen LogP contribution in [0.5, 0.6) is 17.2 Å². The molecule has 0 saturated carbocycles. The second kappa shape index (κ2) is 4.82. The van der Waals surface area contributed by atoms with Gasteiger partial charge in [0.05, 0.1) is 5.56 Å². The maximum absolute atomic E-state index is 10.3. The number of carbonyl (C=O) groups is 1. The molecule has 0 spiro atoms. The number of benzene rings is 1. The Balaban J connectivity index is 0.00000144. The molecule has 0 radical (unpaired) electrons. The Kier molecular flexibility index (Phi) is 4.72. The van der Waals surface area contributed by atoms with E-state index in [1.807, 2.05) is 0 Å². The molecule has 0 amide bonds. The molecule has 13 heavy (non-hydrogen) atoms. The molecule has 0 unspecified atom stereocenters. The van der Waals surface area contributed by atoms with Crippen molar-refractivity contribution in [2.24, 2.45) is 0 Å². The second-order valence-electron chi connectivity index (χ2n) is 2.17. The van der Waals surface area contributed by atoms with Gasteiger partial charge in [0.15, 0.2) is 17.2 Å². The number of phenols is 3. The van der Waals surface area contributed by atoms with Crippen molar-refractivity contribution in [3.05, 3.63) is 17.7 Å². The van der Waals surface area contributed by atoms with Crippen LogP contribution in [0.4, 0.5) is 0 Å². The first kappa shape index (κ1) is 12.7. The summed E-state index contributed by atoms with van der Waals surface area (Å²) >= 11 is 0. The summed E-state index contributed by atoms with van der Waals surface area (Å²) in [7, 11) is 0. The van der Waals surface area contributed by atoms with Gasteiger partial charge in [0.25, 0.3) is 0 Å². The monoisotopic (exact) mass is 210 g/mol. The van der Waals surface area contributed by atoms with Crippen molar-refractivity contribution in [3.63, 3.8) is 0 Å². The SMILES string of the molecule is O=C(O)c1cc(O)c(O)c(O)c1.[KH]. The van der Waals surface area contributed by atoms with Gasteiger partial charge in [0.1, 0.15) is 0 Å². The molecule has 0 atom stereocenters. The van der Waals surface area contributed by atoms with E-state index in [1.54, 1.807) is 0 Å². The summed E-state index contributed by atoms with van der Waals surface area (Å²) in [6.45, 7) is 0. The molecule has 4 N–H and O–H groups in total. The topological polar surface area (TPSA) is 98.0 Å². The number of hydrogen-bond acceptors (Lipinski definition) is 4. The van der Waals surface area contributed by atoms with Gasteiger partial charge >= 0.3 is 57.4 Å². The molecule has 1 aromatic rings. The van der Waals surface area contributed by atoms with Gasteiger partial charge in [0.2, 0.25) is 0 Å². The molecule has 0 bridgehead atoms. The fraction of sp³-hybridized carbons (Fsp3) is 0. The number of aromatic carboxylic acids is 1. The van der Waals surface area contributed by atoms with Crippen LogP contribution in [0, 0.1) is 0 Å². The van der Waals surface area contributed by atoms with E-state index < -0.39 is 23.2 Å². The van der Waals surface area contributed by atoms with Crippen molar-refractivity contribution < 1.29 is 25.2 Å². The average molecular weight is 210 g/mol. The number of rotatable bonds is 1. The van der Waals surface area contributed by atoms with E-state index in [2.05, 4.69) is 0 Å². The molecule has 0 saturated heterocycles. The van der Waals surface area contributed by atoms with E-state index in [4.69, 9.17) is 20.4 Å². The third-order valence-electron chi connectivity index (χ3n) is 1.32. The second-order valence-corrected chi connectivity index (χ2v) is 2.17. The summed E-state index contributed by atoms with van der Waals surface area (Å²) in [4.78, 5) is 10.3.